The van der Waals surface area contributed by atoms with E-state index in [0.29, 0.717) is 5.56 Å². The van der Waals surface area contributed by atoms with Gasteiger partial charge in [0.25, 0.3) is 0 Å². The summed E-state index contributed by atoms with van der Waals surface area (Å²) in [7, 11) is 0. The molecule has 154 valence electrons. The number of aryl methyl sites for hydroxylation is 1. The molecule has 2 aromatic carbocycles. The second-order valence-electron chi connectivity index (χ2n) is 6.80. The van der Waals surface area contributed by atoms with Crippen molar-refractivity contribution in [2.75, 3.05) is 0 Å². The summed E-state index contributed by atoms with van der Waals surface area (Å²) in [6, 6.07) is 17.8. The summed E-state index contributed by atoms with van der Waals surface area (Å²) >= 11 is 0. The van der Waals surface area contributed by atoms with Crippen LogP contribution in [-0.4, -0.2) is 11.8 Å². The Morgan fingerprint density at radius 1 is 0.933 bits per heavy atom. The van der Waals surface area contributed by atoms with Crippen molar-refractivity contribution in [2.24, 2.45) is 0 Å². The number of hydrogen-bond donors (Lipinski definition) is 0. The van der Waals surface area contributed by atoms with E-state index in [4.69, 9.17) is 13.9 Å². The summed E-state index contributed by atoms with van der Waals surface area (Å²) in [5, 5.41) is 0. The van der Waals surface area contributed by atoms with Crippen molar-refractivity contribution >= 4 is 11.8 Å². The van der Waals surface area contributed by atoms with E-state index in [1.54, 1.807) is 12.1 Å². The molecule has 1 aromatic heterocycles. The van der Waals surface area contributed by atoms with Crippen LogP contribution >= 0.6 is 0 Å². The zero-order valence-electron chi connectivity index (χ0n) is 16.6. The standard InChI is InChI=1S/C24H22O6/c1-17-7-9-19(10-8-17)21(25)11-12-24(27)30-15-20-13-22(26)23(16-28-20)29-14-18-5-3-2-4-6-18/h2-10,13,16H,11-12,14-15H2,1H3. The van der Waals surface area contributed by atoms with E-state index in [1.165, 1.54) is 12.3 Å². The number of carbonyl (C=O) groups is 2. The molecular weight excluding hydrogens is 384 g/mol. The van der Waals surface area contributed by atoms with E-state index < -0.39 is 5.97 Å². The topological polar surface area (TPSA) is 82.8 Å². The van der Waals surface area contributed by atoms with Crippen molar-refractivity contribution in [3.8, 4) is 5.75 Å². The van der Waals surface area contributed by atoms with E-state index in [9.17, 15) is 14.4 Å². The number of Topliss-reactive ketones (excluding diaryl/α,β-unsaturated/α-hetero) is 1. The Bertz CT molecular complexity index is 1050. The minimum atomic E-state index is -0.539. The molecule has 3 aromatic rings. The first kappa shape index (κ1) is 21.0. The van der Waals surface area contributed by atoms with E-state index in [0.717, 1.165) is 11.1 Å². The number of rotatable bonds is 9. The molecule has 0 atom stereocenters. The van der Waals surface area contributed by atoms with E-state index in [-0.39, 0.29) is 48.8 Å². The summed E-state index contributed by atoms with van der Waals surface area (Å²) in [5.74, 6) is -0.385. The second-order valence-corrected chi connectivity index (χ2v) is 6.80. The molecule has 1 heterocycles. The fourth-order valence-corrected chi connectivity index (χ4v) is 2.68. The molecule has 6 nitrogen and oxygen atoms in total. The van der Waals surface area contributed by atoms with Crippen LogP contribution < -0.4 is 10.2 Å². The zero-order valence-corrected chi connectivity index (χ0v) is 16.6. The maximum Gasteiger partial charge on any atom is 0.306 e. The molecule has 0 aliphatic rings. The molecule has 0 unspecified atom stereocenters. The maximum absolute atomic E-state index is 12.1. The molecule has 0 saturated carbocycles. The Labute approximate surface area is 174 Å². The normalized spacial score (nSPS) is 10.4. The van der Waals surface area contributed by atoms with E-state index in [1.807, 2.05) is 49.4 Å². The largest absolute Gasteiger partial charge is 0.482 e. The van der Waals surface area contributed by atoms with Crippen LogP contribution in [0.3, 0.4) is 0 Å². The van der Waals surface area contributed by atoms with Gasteiger partial charge in [-0.2, -0.15) is 0 Å². The summed E-state index contributed by atoms with van der Waals surface area (Å²) in [6.07, 6.45) is 1.21. The highest BCUT2D eigenvalue weighted by atomic mass is 16.5. The van der Waals surface area contributed by atoms with Crippen molar-refractivity contribution in [3.63, 3.8) is 0 Å². The number of hydrogen-bond acceptors (Lipinski definition) is 6. The van der Waals surface area contributed by atoms with Gasteiger partial charge in [-0.25, -0.2) is 0 Å². The maximum atomic E-state index is 12.1. The highest BCUT2D eigenvalue weighted by Crippen LogP contribution is 2.11. The fourth-order valence-electron chi connectivity index (χ4n) is 2.68. The van der Waals surface area contributed by atoms with Crippen LogP contribution in [0.1, 0.15) is 40.1 Å². The van der Waals surface area contributed by atoms with E-state index in [2.05, 4.69) is 0 Å². The molecule has 0 spiro atoms. The quantitative estimate of drug-likeness (QED) is 0.391. The molecule has 0 fully saturated rings. The zero-order chi connectivity index (χ0) is 21.3. The lowest BCUT2D eigenvalue weighted by Crippen LogP contribution is -2.11. The van der Waals surface area contributed by atoms with Crippen LogP contribution in [0, 0.1) is 6.92 Å². The number of carbonyl (C=O) groups excluding carboxylic acids is 2. The van der Waals surface area contributed by atoms with Crippen molar-refractivity contribution in [3.05, 3.63) is 99.6 Å². The van der Waals surface area contributed by atoms with Crippen LogP contribution in [0.4, 0.5) is 0 Å². The Morgan fingerprint density at radius 2 is 1.67 bits per heavy atom. The number of ketones is 1. The van der Waals surface area contributed by atoms with Crippen molar-refractivity contribution in [1.29, 1.82) is 0 Å². The molecule has 0 radical (unpaired) electrons. The van der Waals surface area contributed by atoms with Crippen molar-refractivity contribution in [1.82, 2.24) is 0 Å². The summed E-state index contributed by atoms with van der Waals surface area (Å²) in [4.78, 5) is 36.1. The van der Waals surface area contributed by atoms with Gasteiger partial charge in [0.2, 0.25) is 11.2 Å². The van der Waals surface area contributed by atoms with Gasteiger partial charge in [0.1, 0.15) is 25.2 Å². The highest BCUT2D eigenvalue weighted by molar-refractivity contribution is 5.97. The molecule has 0 aliphatic heterocycles. The lowest BCUT2D eigenvalue weighted by molar-refractivity contribution is -0.145. The van der Waals surface area contributed by atoms with Gasteiger partial charge in [-0.05, 0) is 12.5 Å². The molecule has 0 aliphatic carbocycles. The third kappa shape index (κ3) is 6.17. The van der Waals surface area contributed by atoms with Crippen LogP contribution in [0.5, 0.6) is 5.75 Å². The monoisotopic (exact) mass is 406 g/mol. The van der Waals surface area contributed by atoms with Gasteiger partial charge >= 0.3 is 5.97 Å². The third-order valence-corrected chi connectivity index (χ3v) is 4.39. The Kier molecular flexibility index (Phi) is 7.16. The van der Waals surface area contributed by atoms with Gasteiger partial charge in [-0.1, -0.05) is 60.2 Å². The van der Waals surface area contributed by atoms with Gasteiger partial charge in [-0.3, -0.25) is 14.4 Å². The number of ether oxygens (including phenoxy) is 2. The molecule has 6 heteroatoms. The summed E-state index contributed by atoms with van der Waals surface area (Å²) in [6.45, 7) is 1.99. The van der Waals surface area contributed by atoms with Crippen LogP contribution in [0.2, 0.25) is 0 Å². The van der Waals surface area contributed by atoms with Crippen LogP contribution in [-0.2, 0) is 22.7 Å². The highest BCUT2D eigenvalue weighted by Gasteiger charge is 2.12. The molecular formula is C24H22O6. The predicted octanol–water partition coefficient (Wildman–Crippen LogP) is 4.23. The lowest BCUT2D eigenvalue weighted by Gasteiger charge is -2.07. The first-order valence-electron chi connectivity index (χ1n) is 9.55. The minimum absolute atomic E-state index is 0.0464. The molecule has 0 N–H and O–H groups in total. The predicted molar refractivity (Wildman–Crippen MR) is 110 cm³/mol. The first-order chi connectivity index (χ1) is 14.5. The van der Waals surface area contributed by atoms with Gasteiger partial charge in [0.15, 0.2) is 5.78 Å². The summed E-state index contributed by atoms with van der Waals surface area (Å²) in [5.41, 5.74) is 2.18. The van der Waals surface area contributed by atoms with E-state index >= 15 is 0 Å². The van der Waals surface area contributed by atoms with Crippen molar-refractivity contribution in [2.45, 2.75) is 33.0 Å². The molecule has 3 rings (SSSR count). The number of esters is 1. The number of benzene rings is 2. The fraction of sp³-hybridized carbons (Fsp3) is 0.208. The minimum Gasteiger partial charge on any atom is -0.482 e. The average molecular weight is 406 g/mol. The van der Waals surface area contributed by atoms with Gasteiger partial charge < -0.3 is 13.9 Å². The average Bonchev–Trinajstić information content (AvgIpc) is 2.76. The van der Waals surface area contributed by atoms with Crippen molar-refractivity contribution < 1.29 is 23.5 Å². The summed E-state index contributed by atoms with van der Waals surface area (Å²) < 4.78 is 15.9. The Morgan fingerprint density at radius 3 is 2.37 bits per heavy atom. The molecule has 30 heavy (non-hydrogen) atoms. The molecule has 0 amide bonds. The lowest BCUT2D eigenvalue weighted by atomic mass is 10.1. The Balaban J connectivity index is 1.45. The van der Waals surface area contributed by atoms with Gasteiger partial charge in [0, 0.05) is 18.1 Å². The molecule has 0 saturated heterocycles. The first-order valence-corrected chi connectivity index (χ1v) is 9.55. The third-order valence-electron chi connectivity index (χ3n) is 4.39. The van der Waals surface area contributed by atoms with Crippen LogP contribution in [0.15, 0.2) is 76.1 Å². The molecule has 0 bridgehead atoms. The smallest absolute Gasteiger partial charge is 0.306 e. The van der Waals surface area contributed by atoms with Gasteiger partial charge in [-0.15, -0.1) is 0 Å². The van der Waals surface area contributed by atoms with Gasteiger partial charge in [0.05, 0.1) is 6.42 Å². The SMILES string of the molecule is Cc1ccc(C(=O)CCC(=O)OCc2cc(=O)c(OCc3ccccc3)co2)cc1. The second kappa shape index (κ2) is 10.2. The van der Waals surface area contributed by atoms with Crippen LogP contribution in [0.25, 0.3) is 0 Å². The Hall–Kier alpha value is -3.67.